The molecule has 0 amide bonds. The second-order valence-corrected chi connectivity index (χ2v) is 7.34. The molecular formula is C21H27N3O2. The number of aromatic nitrogens is 2. The first kappa shape index (κ1) is 17.4. The van der Waals surface area contributed by atoms with Crippen molar-refractivity contribution in [2.75, 3.05) is 26.3 Å². The van der Waals surface area contributed by atoms with E-state index in [2.05, 4.69) is 20.9 Å². The molecular weight excluding hydrogens is 326 g/mol. The fraction of sp³-hybridized carbons (Fsp3) is 0.524. The van der Waals surface area contributed by atoms with Crippen molar-refractivity contribution in [3.63, 3.8) is 0 Å². The van der Waals surface area contributed by atoms with Gasteiger partial charge in [0.15, 0.2) is 0 Å². The lowest BCUT2D eigenvalue weighted by atomic mass is 9.78. The third-order valence-electron chi connectivity index (χ3n) is 5.79. The van der Waals surface area contributed by atoms with Crippen LogP contribution in [0.25, 0.3) is 0 Å². The lowest BCUT2D eigenvalue weighted by Gasteiger charge is -2.42. The molecule has 0 saturated carbocycles. The van der Waals surface area contributed by atoms with Crippen LogP contribution in [-0.4, -0.2) is 46.8 Å². The van der Waals surface area contributed by atoms with E-state index in [0.29, 0.717) is 18.4 Å². The SMILES string of the molecule is c1ccc(OCC[C@H]2CCOC23CCN(Cc2cccnc2)CC3)nc1. The fourth-order valence-corrected chi connectivity index (χ4v) is 4.32. The van der Waals surface area contributed by atoms with Crippen molar-refractivity contribution in [3.8, 4) is 5.88 Å². The monoisotopic (exact) mass is 353 g/mol. The van der Waals surface area contributed by atoms with Crippen molar-refractivity contribution < 1.29 is 9.47 Å². The Balaban J connectivity index is 1.28. The largest absolute Gasteiger partial charge is 0.478 e. The van der Waals surface area contributed by atoms with Crippen LogP contribution in [-0.2, 0) is 11.3 Å². The van der Waals surface area contributed by atoms with Crippen LogP contribution >= 0.6 is 0 Å². The second-order valence-electron chi connectivity index (χ2n) is 7.34. The van der Waals surface area contributed by atoms with E-state index in [-0.39, 0.29) is 5.60 Å². The zero-order valence-electron chi connectivity index (χ0n) is 15.2. The van der Waals surface area contributed by atoms with Gasteiger partial charge in [0.05, 0.1) is 12.2 Å². The topological polar surface area (TPSA) is 47.5 Å². The molecule has 2 fully saturated rings. The van der Waals surface area contributed by atoms with Gasteiger partial charge in [0.25, 0.3) is 0 Å². The van der Waals surface area contributed by atoms with Crippen molar-refractivity contribution in [1.82, 2.24) is 14.9 Å². The molecule has 2 aliphatic rings. The Kier molecular flexibility index (Phi) is 5.46. The number of likely N-dealkylation sites (tertiary alicyclic amines) is 1. The summed E-state index contributed by atoms with van der Waals surface area (Å²) in [5.41, 5.74) is 1.34. The molecule has 2 aromatic heterocycles. The van der Waals surface area contributed by atoms with E-state index in [1.165, 1.54) is 5.56 Å². The highest BCUT2D eigenvalue weighted by Crippen LogP contribution is 2.42. The van der Waals surface area contributed by atoms with Gasteiger partial charge in [-0.25, -0.2) is 4.98 Å². The van der Waals surface area contributed by atoms with Crippen LogP contribution < -0.4 is 4.74 Å². The van der Waals surface area contributed by atoms with E-state index < -0.39 is 0 Å². The maximum Gasteiger partial charge on any atom is 0.213 e. The van der Waals surface area contributed by atoms with Gasteiger partial charge in [0, 0.05) is 50.9 Å². The Bertz CT molecular complexity index is 672. The number of hydrogen-bond donors (Lipinski definition) is 0. The van der Waals surface area contributed by atoms with Crippen LogP contribution in [0, 0.1) is 5.92 Å². The predicted molar refractivity (Wildman–Crippen MR) is 99.9 cm³/mol. The van der Waals surface area contributed by atoms with Gasteiger partial charge in [-0.15, -0.1) is 0 Å². The highest BCUT2D eigenvalue weighted by atomic mass is 16.5. The molecule has 4 heterocycles. The quantitative estimate of drug-likeness (QED) is 0.797. The molecule has 1 spiro atoms. The predicted octanol–water partition coefficient (Wildman–Crippen LogP) is 3.32. The summed E-state index contributed by atoms with van der Waals surface area (Å²) < 4.78 is 12.1. The smallest absolute Gasteiger partial charge is 0.213 e. The van der Waals surface area contributed by atoms with Crippen LogP contribution in [0.4, 0.5) is 0 Å². The molecule has 2 saturated heterocycles. The Morgan fingerprint density at radius 3 is 2.85 bits per heavy atom. The minimum Gasteiger partial charge on any atom is -0.478 e. The first-order valence-corrected chi connectivity index (χ1v) is 9.63. The van der Waals surface area contributed by atoms with Gasteiger partial charge in [-0.1, -0.05) is 12.1 Å². The number of hydrogen-bond acceptors (Lipinski definition) is 5. The molecule has 5 nitrogen and oxygen atoms in total. The summed E-state index contributed by atoms with van der Waals surface area (Å²) in [7, 11) is 0. The van der Waals surface area contributed by atoms with Gasteiger partial charge >= 0.3 is 0 Å². The molecule has 0 aromatic carbocycles. The van der Waals surface area contributed by atoms with Crippen molar-refractivity contribution in [2.45, 2.75) is 37.8 Å². The average Bonchev–Trinajstić information content (AvgIpc) is 3.08. The van der Waals surface area contributed by atoms with Crippen LogP contribution in [0.2, 0.25) is 0 Å². The van der Waals surface area contributed by atoms with Crippen LogP contribution in [0.5, 0.6) is 5.88 Å². The summed E-state index contributed by atoms with van der Waals surface area (Å²) >= 11 is 0. The van der Waals surface area contributed by atoms with E-state index in [0.717, 1.165) is 51.9 Å². The number of ether oxygens (including phenoxy) is 2. The van der Waals surface area contributed by atoms with E-state index >= 15 is 0 Å². The molecule has 0 unspecified atom stereocenters. The van der Waals surface area contributed by atoms with Gasteiger partial charge in [-0.2, -0.15) is 0 Å². The Labute approximate surface area is 155 Å². The molecule has 26 heavy (non-hydrogen) atoms. The molecule has 138 valence electrons. The van der Waals surface area contributed by atoms with Gasteiger partial charge in [0.1, 0.15) is 0 Å². The van der Waals surface area contributed by atoms with Gasteiger partial charge < -0.3 is 9.47 Å². The summed E-state index contributed by atoms with van der Waals surface area (Å²) in [5, 5.41) is 0. The third-order valence-corrected chi connectivity index (χ3v) is 5.79. The molecule has 5 heteroatoms. The fourth-order valence-electron chi connectivity index (χ4n) is 4.32. The van der Waals surface area contributed by atoms with E-state index in [9.17, 15) is 0 Å². The average molecular weight is 353 g/mol. The maximum atomic E-state index is 6.29. The van der Waals surface area contributed by atoms with Crippen molar-refractivity contribution in [2.24, 2.45) is 5.92 Å². The minimum absolute atomic E-state index is 0.0545. The highest BCUT2D eigenvalue weighted by Gasteiger charge is 2.45. The molecule has 0 radical (unpaired) electrons. The van der Waals surface area contributed by atoms with E-state index in [1.54, 1.807) is 6.20 Å². The number of nitrogens with zero attached hydrogens (tertiary/aromatic N) is 3. The number of piperidine rings is 1. The first-order chi connectivity index (χ1) is 12.8. The van der Waals surface area contributed by atoms with Crippen molar-refractivity contribution >= 4 is 0 Å². The van der Waals surface area contributed by atoms with Gasteiger partial charge in [0.2, 0.25) is 5.88 Å². The summed E-state index contributed by atoms with van der Waals surface area (Å²) in [5.74, 6) is 1.30. The van der Waals surface area contributed by atoms with Crippen LogP contribution in [0.3, 0.4) is 0 Å². The normalized spacial score (nSPS) is 22.5. The first-order valence-electron chi connectivity index (χ1n) is 9.63. The van der Waals surface area contributed by atoms with Gasteiger partial charge in [-0.05, 0) is 49.3 Å². The molecule has 4 rings (SSSR count). The van der Waals surface area contributed by atoms with Crippen molar-refractivity contribution in [3.05, 3.63) is 54.5 Å². The van der Waals surface area contributed by atoms with Crippen LogP contribution in [0.15, 0.2) is 48.9 Å². The molecule has 2 aliphatic heterocycles. The molecule has 2 aromatic rings. The molecule has 0 N–H and O–H groups in total. The third kappa shape index (κ3) is 4.05. The maximum absolute atomic E-state index is 6.29. The van der Waals surface area contributed by atoms with E-state index in [1.807, 2.05) is 36.7 Å². The summed E-state index contributed by atoms with van der Waals surface area (Å²) in [4.78, 5) is 11.0. The summed E-state index contributed by atoms with van der Waals surface area (Å²) in [6, 6.07) is 9.95. The summed E-state index contributed by atoms with van der Waals surface area (Å²) in [6.07, 6.45) is 9.98. The minimum atomic E-state index is 0.0545. The second kappa shape index (κ2) is 8.14. The number of rotatable bonds is 6. The van der Waals surface area contributed by atoms with Crippen molar-refractivity contribution in [1.29, 1.82) is 0 Å². The Morgan fingerprint density at radius 2 is 2.08 bits per heavy atom. The number of pyridine rings is 2. The highest BCUT2D eigenvalue weighted by molar-refractivity contribution is 5.10. The van der Waals surface area contributed by atoms with Crippen LogP contribution in [0.1, 0.15) is 31.2 Å². The Morgan fingerprint density at radius 1 is 1.15 bits per heavy atom. The zero-order chi connectivity index (χ0) is 17.7. The van der Waals surface area contributed by atoms with E-state index in [4.69, 9.17) is 9.47 Å². The summed E-state index contributed by atoms with van der Waals surface area (Å²) in [6.45, 7) is 4.76. The lowest BCUT2D eigenvalue weighted by Crippen LogP contribution is -2.47. The molecule has 1 atom stereocenters. The lowest BCUT2D eigenvalue weighted by molar-refractivity contribution is -0.0709. The Hall–Kier alpha value is -1.98. The standard InChI is InChI=1S/C21H27N3O2/c1-2-11-23-20(5-1)25-14-6-19-7-15-26-21(19)8-12-24(13-9-21)17-18-4-3-10-22-16-18/h1-5,10-11,16,19H,6-9,12-15,17H2/t19-/m0/s1. The van der Waals surface area contributed by atoms with Gasteiger partial charge in [-0.3, -0.25) is 9.88 Å². The zero-order valence-corrected chi connectivity index (χ0v) is 15.2. The molecule has 0 aliphatic carbocycles. The molecule has 0 bridgehead atoms.